The summed E-state index contributed by atoms with van der Waals surface area (Å²) in [7, 11) is 0. The van der Waals surface area contributed by atoms with Crippen LogP contribution in [0.2, 0.25) is 0 Å². The highest BCUT2D eigenvalue weighted by Gasteiger charge is 2.23. The van der Waals surface area contributed by atoms with Crippen LogP contribution in [-0.4, -0.2) is 0 Å². The third-order valence-corrected chi connectivity index (χ3v) is 3.64. The molecule has 0 spiro atoms. The topological polar surface area (TPSA) is 12.0 Å². The van der Waals surface area contributed by atoms with Gasteiger partial charge in [0.05, 0.1) is 6.04 Å². The zero-order valence-corrected chi connectivity index (χ0v) is 9.30. The summed E-state index contributed by atoms with van der Waals surface area (Å²) in [5.41, 5.74) is 2.19. The van der Waals surface area contributed by atoms with Crippen LogP contribution in [0.15, 0.2) is 53.4 Å². The minimum absolute atomic E-state index is 0.0944. The molecule has 0 fully saturated rings. The molecule has 0 bridgehead atoms. The average molecular weight is 231 g/mol. The Labute approximate surface area is 97.8 Å². The van der Waals surface area contributed by atoms with E-state index < -0.39 is 0 Å². The number of nitrogens with one attached hydrogen (secondary N) is 1. The molecule has 16 heavy (non-hydrogen) atoms. The molecule has 1 nitrogen and oxygen atoms in total. The van der Waals surface area contributed by atoms with E-state index in [1.807, 2.05) is 18.2 Å². The van der Waals surface area contributed by atoms with Gasteiger partial charge in [0, 0.05) is 4.90 Å². The van der Waals surface area contributed by atoms with Crippen molar-refractivity contribution in [3.63, 3.8) is 0 Å². The molecule has 0 aliphatic carbocycles. The highest BCUT2D eigenvalue weighted by atomic mass is 32.2. The van der Waals surface area contributed by atoms with Crippen LogP contribution in [0.4, 0.5) is 4.39 Å². The fourth-order valence-electron chi connectivity index (χ4n) is 1.93. The van der Waals surface area contributed by atoms with Gasteiger partial charge in [-0.25, -0.2) is 9.11 Å². The fraction of sp³-hybridized carbons (Fsp3) is 0.0769. The van der Waals surface area contributed by atoms with Crippen LogP contribution in [0.3, 0.4) is 0 Å². The van der Waals surface area contributed by atoms with E-state index in [9.17, 15) is 4.39 Å². The summed E-state index contributed by atoms with van der Waals surface area (Å²) in [4.78, 5) is 1.22. The van der Waals surface area contributed by atoms with Gasteiger partial charge in [-0.15, -0.1) is 0 Å². The largest absolute Gasteiger partial charge is 0.248 e. The molecule has 1 aliphatic heterocycles. The van der Waals surface area contributed by atoms with Crippen molar-refractivity contribution in [1.82, 2.24) is 4.72 Å². The Bertz CT molecular complexity index is 527. The smallest absolute Gasteiger partial charge is 0.123 e. The van der Waals surface area contributed by atoms with Crippen molar-refractivity contribution in [3.05, 3.63) is 65.5 Å². The average Bonchev–Trinajstić information content (AvgIpc) is 2.72. The number of fused-ring (bicyclic) bond motifs is 1. The van der Waals surface area contributed by atoms with Gasteiger partial charge in [-0.2, -0.15) is 0 Å². The van der Waals surface area contributed by atoms with Crippen LogP contribution in [0.25, 0.3) is 0 Å². The molecular weight excluding hydrogens is 221 g/mol. The lowest BCUT2D eigenvalue weighted by Gasteiger charge is -2.11. The zero-order valence-electron chi connectivity index (χ0n) is 8.48. The quantitative estimate of drug-likeness (QED) is 0.753. The van der Waals surface area contributed by atoms with Crippen molar-refractivity contribution in [2.75, 3.05) is 0 Å². The molecule has 0 saturated carbocycles. The minimum Gasteiger partial charge on any atom is -0.248 e. The molecule has 3 rings (SSSR count). The van der Waals surface area contributed by atoms with Gasteiger partial charge < -0.3 is 0 Å². The van der Waals surface area contributed by atoms with Crippen molar-refractivity contribution in [3.8, 4) is 0 Å². The number of benzene rings is 2. The van der Waals surface area contributed by atoms with E-state index in [2.05, 4.69) is 16.9 Å². The van der Waals surface area contributed by atoms with Crippen LogP contribution < -0.4 is 4.72 Å². The van der Waals surface area contributed by atoms with E-state index in [-0.39, 0.29) is 11.9 Å². The SMILES string of the molecule is Fc1cccc(C2NSc3ccccc32)c1. The summed E-state index contributed by atoms with van der Waals surface area (Å²) in [5.74, 6) is -0.186. The number of halogens is 1. The normalized spacial score (nSPS) is 18.4. The Morgan fingerprint density at radius 3 is 2.81 bits per heavy atom. The maximum atomic E-state index is 13.2. The molecule has 0 saturated heterocycles. The third kappa shape index (κ3) is 1.62. The standard InChI is InChI=1S/C13H10FNS/c14-10-5-3-4-9(8-10)13-11-6-1-2-7-12(11)16-15-13/h1-8,13,15H. The van der Waals surface area contributed by atoms with E-state index in [1.165, 1.54) is 16.5 Å². The molecular formula is C13H10FNS. The Hall–Kier alpha value is -1.32. The molecule has 1 N–H and O–H groups in total. The predicted octanol–water partition coefficient (Wildman–Crippen LogP) is 3.53. The lowest BCUT2D eigenvalue weighted by Crippen LogP contribution is -2.09. The number of rotatable bonds is 1. The Morgan fingerprint density at radius 1 is 1.06 bits per heavy atom. The highest BCUT2D eigenvalue weighted by Crippen LogP contribution is 2.38. The molecule has 0 radical (unpaired) electrons. The molecule has 1 atom stereocenters. The number of hydrogen-bond donors (Lipinski definition) is 1. The Balaban J connectivity index is 2.05. The van der Waals surface area contributed by atoms with Gasteiger partial charge in [-0.05, 0) is 41.3 Å². The van der Waals surface area contributed by atoms with Gasteiger partial charge in [0.25, 0.3) is 0 Å². The first-order chi connectivity index (χ1) is 7.84. The first kappa shape index (κ1) is 9.87. The first-order valence-electron chi connectivity index (χ1n) is 5.11. The summed E-state index contributed by atoms with van der Waals surface area (Å²) in [6.45, 7) is 0. The van der Waals surface area contributed by atoms with Gasteiger partial charge in [-0.3, -0.25) is 0 Å². The Morgan fingerprint density at radius 2 is 1.94 bits per heavy atom. The fourth-order valence-corrected chi connectivity index (χ4v) is 2.89. The second-order valence-corrected chi connectivity index (χ2v) is 4.63. The highest BCUT2D eigenvalue weighted by molar-refractivity contribution is 7.97. The van der Waals surface area contributed by atoms with E-state index in [0.29, 0.717) is 0 Å². The van der Waals surface area contributed by atoms with Crippen molar-refractivity contribution in [2.45, 2.75) is 10.9 Å². The van der Waals surface area contributed by atoms with Crippen LogP contribution in [0.1, 0.15) is 17.2 Å². The molecule has 80 valence electrons. The first-order valence-corrected chi connectivity index (χ1v) is 5.93. The van der Waals surface area contributed by atoms with Gasteiger partial charge in [0.2, 0.25) is 0 Å². The van der Waals surface area contributed by atoms with E-state index in [0.717, 1.165) is 5.56 Å². The molecule has 2 aromatic rings. The summed E-state index contributed by atoms with van der Waals surface area (Å²) in [5, 5.41) is 0. The van der Waals surface area contributed by atoms with Crippen molar-refractivity contribution < 1.29 is 4.39 Å². The molecule has 1 heterocycles. The molecule has 2 aromatic carbocycles. The van der Waals surface area contributed by atoms with Gasteiger partial charge in [0.15, 0.2) is 0 Å². The minimum atomic E-state index is -0.186. The second kappa shape index (κ2) is 3.92. The number of hydrogen-bond acceptors (Lipinski definition) is 2. The van der Waals surface area contributed by atoms with E-state index in [1.54, 1.807) is 24.1 Å². The van der Waals surface area contributed by atoms with Gasteiger partial charge in [-0.1, -0.05) is 30.3 Å². The maximum Gasteiger partial charge on any atom is 0.123 e. The summed E-state index contributed by atoms with van der Waals surface area (Å²) in [6.07, 6.45) is 0. The monoisotopic (exact) mass is 231 g/mol. The Kier molecular flexibility index (Phi) is 2.42. The molecule has 1 unspecified atom stereocenters. The summed E-state index contributed by atoms with van der Waals surface area (Å²) >= 11 is 1.60. The predicted molar refractivity (Wildman–Crippen MR) is 63.7 cm³/mol. The second-order valence-electron chi connectivity index (χ2n) is 3.75. The summed E-state index contributed by atoms with van der Waals surface area (Å²) < 4.78 is 16.5. The third-order valence-electron chi connectivity index (χ3n) is 2.70. The maximum absolute atomic E-state index is 13.2. The van der Waals surface area contributed by atoms with Crippen molar-refractivity contribution in [1.29, 1.82) is 0 Å². The molecule has 0 aromatic heterocycles. The van der Waals surface area contributed by atoms with Gasteiger partial charge >= 0.3 is 0 Å². The van der Waals surface area contributed by atoms with Crippen LogP contribution in [0.5, 0.6) is 0 Å². The lowest BCUT2D eigenvalue weighted by molar-refractivity contribution is 0.622. The van der Waals surface area contributed by atoms with Gasteiger partial charge in [0.1, 0.15) is 5.82 Å². The lowest BCUT2D eigenvalue weighted by atomic mass is 10.00. The molecule has 1 aliphatic rings. The van der Waals surface area contributed by atoms with E-state index >= 15 is 0 Å². The van der Waals surface area contributed by atoms with Crippen LogP contribution >= 0.6 is 11.9 Å². The van der Waals surface area contributed by atoms with Crippen molar-refractivity contribution >= 4 is 11.9 Å². The van der Waals surface area contributed by atoms with Crippen molar-refractivity contribution in [2.24, 2.45) is 0 Å². The molecule has 0 amide bonds. The van der Waals surface area contributed by atoms with Crippen LogP contribution in [-0.2, 0) is 0 Å². The van der Waals surface area contributed by atoms with E-state index in [4.69, 9.17) is 0 Å². The van der Waals surface area contributed by atoms with Crippen LogP contribution in [0, 0.1) is 5.82 Å². The summed E-state index contributed by atoms with van der Waals surface area (Å²) in [6, 6.07) is 15.0. The zero-order chi connectivity index (χ0) is 11.0. The molecule has 3 heteroatoms.